The summed E-state index contributed by atoms with van der Waals surface area (Å²) >= 11 is 0. The van der Waals surface area contributed by atoms with Gasteiger partial charge in [-0.15, -0.1) is 24.8 Å². The van der Waals surface area contributed by atoms with Gasteiger partial charge >= 0.3 is 0 Å². The molecule has 146 valence electrons. The lowest BCUT2D eigenvalue weighted by Crippen LogP contribution is -2.33. The SMILES string of the molecule is CNCCNC(=O)Cn1c(COc2ccccc2)nc2ccccc21.Cl.Cl. The summed E-state index contributed by atoms with van der Waals surface area (Å²) in [7, 11) is 1.86. The van der Waals surface area contributed by atoms with Gasteiger partial charge in [-0.1, -0.05) is 30.3 Å². The van der Waals surface area contributed by atoms with Gasteiger partial charge in [0.05, 0.1) is 11.0 Å². The van der Waals surface area contributed by atoms with E-state index in [9.17, 15) is 4.79 Å². The smallest absolute Gasteiger partial charge is 0.240 e. The van der Waals surface area contributed by atoms with Gasteiger partial charge in [-0.05, 0) is 31.3 Å². The average molecular weight is 411 g/mol. The summed E-state index contributed by atoms with van der Waals surface area (Å²) in [4.78, 5) is 16.8. The van der Waals surface area contributed by atoms with Crippen molar-refractivity contribution in [2.24, 2.45) is 0 Å². The third-order valence-corrected chi connectivity index (χ3v) is 3.84. The van der Waals surface area contributed by atoms with Crippen molar-refractivity contribution in [2.45, 2.75) is 13.2 Å². The molecule has 1 heterocycles. The van der Waals surface area contributed by atoms with E-state index in [0.717, 1.165) is 29.2 Å². The Bertz CT molecular complexity index is 840. The highest BCUT2D eigenvalue weighted by atomic mass is 35.5. The van der Waals surface area contributed by atoms with Gasteiger partial charge in [-0.2, -0.15) is 0 Å². The third kappa shape index (κ3) is 6.13. The van der Waals surface area contributed by atoms with Crippen molar-refractivity contribution in [2.75, 3.05) is 20.1 Å². The molecule has 0 saturated heterocycles. The molecule has 3 aromatic rings. The van der Waals surface area contributed by atoms with Gasteiger partial charge in [0, 0.05) is 13.1 Å². The Hall–Kier alpha value is -2.28. The number of aromatic nitrogens is 2. The molecule has 0 aliphatic rings. The van der Waals surface area contributed by atoms with E-state index in [4.69, 9.17) is 4.74 Å². The zero-order chi connectivity index (χ0) is 17.5. The molecule has 1 aromatic heterocycles. The number of hydrogen-bond acceptors (Lipinski definition) is 4. The molecule has 0 bridgehead atoms. The zero-order valence-corrected chi connectivity index (χ0v) is 16.7. The monoisotopic (exact) mass is 410 g/mol. The number of rotatable bonds is 8. The number of amides is 1. The minimum atomic E-state index is -0.0423. The number of halogens is 2. The van der Waals surface area contributed by atoms with Crippen LogP contribution in [0.1, 0.15) is 5.82 Å². The molecule has 2 N–H and O–H groups in total. The minimum Gasteiger partial charge on any atom is -0.486 e. The Kier molecular flexibility index (Phi) is 9.64. The molecular formula is C19H24Cl2N4O2. The fraction of sp³-hybridized carbons (Fsp3) is 0.263. The highest BCUT2D eigenvalue weighted by Gasteiger charge is 2.14. The molecule has 0 saturated carbocycles. The largest absolute Gasteiger partial charge is 0.486 e. The molecule has 1 amide bonds. The molecule has 0 fully saturated rings. The van der Waals surface area contributed by atoms with Crippen LogP contribution < -0.4 is 15.4 Å². The van der Waals surface area contributed by atoms with Crippen molar-refractivity contribution in [3.8, 4) is 5.75 Å². The Balaban J connectivity index is 0.00000182. The highest BCUT2D eigenvalue weighted by molar-refractivity contribution is 5.85. The molecule has 0 spiro atoms. The number of nitrogens with zero attached hydrogens (tertiary/aromatic N) is 2. The zero-order valence-electron chi connectivity index (χ0n) is 15.1. The quantitative estimate of drug-likeness (QED) is 0.560. The highest BCUT2D eigenvalue weighted by Crippen LogP contribution is 2.18. The second-order valence-electron chi connectivity index (χ2n) is 5.66. The van der Waals surface area contributed by atoms with Crippen molar-refractivity contribution in [1.29, 1.82) is 0 Å². The average Bonchev–Trinajstić information content (AvgIpc) is 2.99. The van der Waals surface area contributed by atoms with Crippen LogP contribution in [0.15, 0.2) is 54.6 Å². The number of nitrogens with one attached hydrogen (secondary N) is 2. The molecule has 2 aromatic carbocycles. The van der Waals surface area contributed by atoms with E-state index in [1.54, 1.807) is 0 Å². The Morgan fingerprint density at radius 3 is 2.48 bits per heavy atom. The summed E-state index contributed by atoms with van der Waals surface area (Å²) in [6.45, 7) is 1.86. The van der Waals surface area contributed by atoms with E-state index in [-0.39, 0.29) is 37.3 Å². The van der Waals surface area contributed by atoms with Crippen LogP contribution in [0.25, 0.3) is 11.0 Å². The third-order valence-electron chi connectivity index (χ3n) is 3.84. The van der Waals surface area contributed by atoms with E-state index in [0.29, 0.717) is 13.2 Å². The summed E-state index contributed by atoms with van der Waals surface area (Å²) in [5.74, 6) is 1.47. The molecule has 0 aliphatic carbocycles. The summed E-state index contributed by atoms with van der Waals surface area (Å²) < 4.78 is 7.73. The second-order valence-corrected chi connectivity index (χ2v) is 5.66. The lowest BCUT2D eigenvalue weighted by Gasteiger charge is -2.11. The number of benzene rings is 2. The van der Waals surface area contributed by atoms with Gasteiger partial charge in [-0.3, -0.25) is 4.79 Å². The lowest BCUT2D eigenvalue weighted by atomic mass is 10.3. The number of para-hydroxylation sites is 3. The topological polar surface area (TPSA) is 68.2 Å². The molecule has 8 heteroatoms. The molecular weight excluding hydrogens is 387 g/mol. The summed E-state index contributed by atoms with van der Waals surface area (Å²) in [5.41, 5.74) is 1.79. The van der Waals surface area contributed by atoms with Gasteiger partial charge in [-0.25, -0.2) is 4.98 Å². The van der Waals surface area contributed by atoms with Crippen LogP contribution in [-0.4, -0.2) is 35.6 Å². The normalized spacial score (nSPS) is 9.96. The number of ether oxygens (including phenoxy) is 1. The minimum absolute atomic E-state index is 0. The first kappa shape index (κ1) is 22.8. The summed E-state index contributed by atoms with van der Waals surface area (Å²) in [5, 5.41) is 5.90. The summed E-state index contributed by atoms with van der Waals surface area (Å²) in [6, 6.07) is 17.4. The van der Waals surface area contributed by atoms with Crippen molar-refractivity contribution in [1.82, 2.24) is 20.2 Å². The van der Waals surface area contributed by atoms with Crippen LogP contribution in [0.4, 0.5) is 0 Å². The van der Waals surface area contributed by atoms with Gasteiger partial charge in [0.2, 0.25) is 5.91 Å². The Morgan fingerprint density at radius 2 is 1.74 bits per heavy atom. The molecule has 0 unspecified atom stereocenters. The second kappa shape index (κ2) is 11.4. The first-order chi connectivity index (χ1) is 12.3. The van der Waals surface area contributed by atoms with E-state index in [1.165, 1.54) is 0 Å². The van der Waals surface area contributed by atoms with Gasteiger partial charge in [0.1, 0.15) is 24.7 Å². The number of fused-ring (bicyclic) bond motifs is 1. The first-order valence-corrected chi connectivity index (χ1v) is 8.31. The maximum atomic E-state index is 12.2. The van der Waals surface area contributed by atoms with Gasteiger partial charge in [0.25, 0.3) is 0 Å². The molecule has 27 heavy (non-hydrogen) atoms. The van der Waals surface area contributed by atoms with Gasteiger partial charge < -0.3 is 19.9 Å². The van der Waals surface area contributed by atoms with Gasteiger partial charge in [0.15, 0.2) is 0 Å². The molecule has 6 nitrogen and oxygen atoms in total. The molecule has 3 rings (SSSR count). The molecule has 0 atom stereocenters. The summed E-state index contributed by atoms with van der Waals surface area (Å²) in [6.07, 6.45) is 0. The number of carbonyl (C=O) groups excluding carboxylic acids is 1. The maximum Gasteiger partial charge on any atom is 0.240 e. The van der Waals surface area contributed by atoms with Crippen LogP contribution in [0.2, 0.25) is 0 Å². The fourth-order valence-electron chi connectivity index (χ4n) is 2.60. The first-order valence-electron chi connectivity index (χ1n) is 8.31. The van der Waals surface area contributed by atoms with Crippen molar-refractivity contribution in [3.05, 3.63) is 60.4 Å². The van der Waals surface area contributed by atoms with Crippen LogP contribution in [-0.2, 0) is 17.9 Å². The fourth-order valence-corrected chi connectivity index (χ4v) is 2.60. The van der Waals surface area contributed by atoms with Crippen LogP contribution in [0.3, 0.4) is 0 Å². The van der Waals surface area contributed by atoms with E-state index in [2.05, 4.69) is 15.6 Å². The molecule has 0 aliphatic heterocycles. The molecule has 0 radical (unpaired) electrons. The Morgan fingerprint density at radius 1 is 1.04 bits per heavy atom. The van der Waals surface area contributed by atoms with E-state index >= 15 is 0 Å². The van der Waals surface area contributed by atoms with Crippen molar-refractivity contribution in [3.63, 3.8) is 0 Å². The van der Waals surface area contributed by atoms with E-state index < -0.39 is 0 Å². The lowest BCUT2D eigenvalue weighted by molar-refractivity contribution is -0.121. The maximum absolute atomic E-state index is 12.2. The standard InChI is InChI=1S/C19H22N4O2.2ClH/c1-20-11-12-21-19(24)13-23-17-10-6-5-9-16(17)22-18(23)14-25-15-7-3-2-4-8-15;;/h2-10,20H,11-14H2,1H3,(H,21,24);2*1H. The van der Waals surface area contributed by atoms with Crippen LogP contribution in [0.5, 0.6) is 5.75 Å². The number of hydrogen-bond donors (Lipinski definition) is 2. The van der Waals surface area contributed by atoms with Crippen molar-refractivity contribution < 1.29 is 9.53 Å². The van der Waals surface area contributed by atoms with E-state index in [1.807, 2.05) is 66.2 Å². The Labute approximate surface area is 171 Å². The van der Waals surface area contributed by atoms with Crippen LogP contribution >= 0.6 is 24.8 Å². The predicted molar refractivity (Wildman–Crippen MR) is 112 cm³/mol. The number of imidazole rings is 1. The van der Waals surface area contributed by atoms with Crippen molar-refractivity contribution >= 4 is 41.8 Å². The van der Waals surface area contributed by atoms with Crippen LogP contribution in [0, 0.1) is 0 Å². The predicted octanol–water partition coefficient (Wildman–Crippen LogP) is 2.79. The number of likely N-dealkylation sites (N-methyl/N-ethyl adjacent to an activating group) is 1. The number of carbonyl (C=O) groups is 1.